The van der Waals surface area contributed by atoms with E-state index in [9.17, 15) is 0 Å². The first-order chi connectivity index (χ1) is 8.81. The van der Waals surface area contributed by atoms with Crippen molar-refractivity contribution in [3.8, 4) is 11.5 Å². The van der Waals surface area contributed by atoms with Crippen molar-refractivity contribution in [3.05, 3.63) is 18.2 Å². The highest BCUT2D eigenvalue weighted by Crippen LogP contribution is 2.38. The first kappa shape index (κ1) is 12.2. The lowest BCUT2D eigenvalue weighted by molar-refractivity contribution is 0.171. The van der Waals surface area contributed by atoms with Gasteiger partial charge in [0.15, 0.2) is 11.5 Å². The topological polar surface area (TPSA) is 44.5 Å². The minimum absolute atomic E-state index is 0.383. The van der Waals surface area contributed by atoms with Crippen LogP contribution in [0.3, 0.4) is 0 Å². The Labute approximate surface area is 112 Å². The molecule has 1 aromatic carbocycles. The van der Waals surface area contributed by atoms with Crippen LogP contribution in [0.25, 0.3) is 0 Å². The van der Waals surface area contributed by atoms with Gasteiger partial charge in [-0.15, -0.1) is 11.8 Å². The molecule has 1 aliphatic heterocycles. The van der Waals surface area contributed by atoms with E-state index in [1.54, 1.807) is 0 Å². The molecule has 0 radical (unpaired) electrons. The van der Waals surface area contributed by atoms with Crippen molar-refractivity contribution < 1.29 is 9.47 Å². The molecule has 0 amide bonds. The number of benzene rings is 1. The quantitative estimate of drug-likeness (QED) is 0.893. The number of rotatable bonds is 2. The molecule has 2 unspecified atom stereocenters. The van der Waals surface area contributed by atoms with Crippen LogP contribution in [0.15, 0.2) is 23.1 Å². The summed E-state index contributed by atoms with van der Waals surface area (Å²) in [7, 11) is 0. The van der Waals surface area contributed by atoms with Gasteiger partial charge < -0.3 is 15.2 Å². The summed E-state index contributed by atoms with van der Waals surface area (Å²) in [6, 6.07) is 6.62. The molecule has 4 heteroatoms. The predicted molar refractivity (Wildman–Crippen MR) is 73.5 cm³/mol. The molecule has 18 heavy (non-hydrogen) atoms. The largest absolute Gasteiger partial charge is 0.486 e. The first-order valence-electron chi connectivity index (χ1n) is 6.63. The van der Waals surface area contributed by atoms with Gasteiger partial charge in [0, 0.05) is 16.2 Å². The molecule has 1 saturated carbocycles. The summed E-state index contributed by atoms with van der Waals surface area (Å²) < 4.78 is 11.1. The maximum absolute atomic E-state index is 6.03. The normalized spacial score (nSPS) is 26.9. The number of ether oxygens (including phenoxy) is 2. The van der Waals surface area contributed by atoms with Crippen LogP contribution < -0.4 is 15.2 Å². The zero-order chi connectivity index (χ0) is 12.4. The lowest BCUT2D eigenvalue weighted by Crippen LogP contribution is -2.29. The number of hydrogen-bond donors (Lipinski definition) is 1. The maximum Gasteiger partial charge on any atom is 0.162 e. The van der Waals surface area contributed by atoms with Crippen molar-refractivity contribution >= 4 is 11.8 Å². The summed E-state index contributed by atoms with van der Waals surface area (Å²) in [6.07, 6.45) is 4.83. The number of nitrogens with two attached hydrogens (primary N) is 1. The fourth-order valence-electron chi connectivity index (χ4n) is 2.58. The summed E-state index contributed by atoms with van der Waals surface area (Å²) in [5, 5.41) is 0.649. The molecule has 0 saturated heterocycles. The van der Waals surface area contributed by atoms with E-state index in [0.29, 0.717) is 24.5 Å². The molecule has 2 N–H and O–H groups in total. The standard InChI is InChI=1S/C14H19NO2S/c15-10-2-1-3-11(8-10)18-12-4-5-13-14(9-12)17-7-6-16-13/h4-5,9-11H,1-3,6-8,15H2. The van der Waals surface area contributed by atoms with E-state index in [-0.39, 0.29) is 0 Å². The second kappa shape index (κ2) is 5.41. The fourth-order valence-corrected chi connectivity index (χ4v) is 3.91. The molecule has 98 valence electrons. The zero-order valence-corrected chi connectivity index (χ0v) is 11.2. The van der Waals surface area contributed by atoms with Crippen molar-refractivity contribution in [1.29, 1.82) is 0 Å². The van der Waals surface area contributed by atoms with E-state index in [0.717, 1.165) is 17.9 Å². The van der Waals surface area contributed by atoms with Crippen molar-refractivity contribution in [3.63, 3.8) is 0 Å². The molecule has 2 aliphatic rings. The molecule has 1 aromatic rings. The van der Waals surface area contributed by atoms with Gasteiger partial charge in [0.25, 0.3) is 0 Å². The Balaban J connectivity index is 1.69. The molecule has 3 nitrogen and oxygen atoms in total. The van der Waals surface area contributed by atoms with Crippen LogP contribution in [-0.4, -0.2) is 24.5 Å². The van der Waals surface area contributed by atoms with Gasteiger partial charge in [-0.05, 0) is 37.5 Å². The average Bonchev–Trinajstić information content (AvgIpc) is 2.39. The van der Waals surface area contributed by atoms with Gasteiger partial charge >= 0.3 is 0 Å². The van der Waals surface area contributed by atoms with Gasteiger partial charge in [-0.25, -0.2) is 0 Å². The zero-order valence-electron chi connectivity index (χ0n) is 10.4. The van der Waals surface area contributed by atoms with Crippen LogP contribution in [0.1, 0.15) is 25.7 Å². The van der Waals surface area contributed by atoms with E-state index >= 15 is 0 Å². The third-order valence-corrected chi connectivity index (χ3v) is 4.77. The van der Waals surface area contributed by atoms with E-state index in [4.69, 9.17) is 15.2 Å². The minimum Gasteiger partial charge on any atom is -0.486 e. The molecule has 1 fully saturated rings. The van der Waals surface area contributed by atoms with Crippen molar-refractivity contribution in [2.24, 2.45) is 5.73 Å². The molecular formula is C14H19NO2S. The summed E-state index contributed by atoms with van der Waals surface area (Å²) in [5.74, 6) is 1.75. The molecular weight excluding hydrogens is 246 g/mol. The van der Waals surface area contributed by atoms with E-state index in [2.05, 4.69) is 12.1 Å². The Morgan fingerprint density at radius 1 is 1.11 bits per heavy atom. The summed E-state index contributed by atoms with van der Waals surface area (Å²) in [6.45, 7) is 1.30. The predicted octanol–water partition coefficient (Wildman–Crippen LogP) is 2.82. The Morgan fingerprint density at radius 3 is 2.78 bits per heavy atom. The highest BCUT2D eigenvalue weighted by Gasteiger charge is 2.21. The Hall–Kier alpha value is -0.870. The van der Waals surface area contributed by atoms with Crippen molar-refractivity contribution in [1.82, 2.24) is 0 Å². The van der Waals surface area contributed by atoms with Crippen molar-refractivity contribution in [2.45, 2.75) is 41.9 Å². The van der Waals surface area contributed by atoms with Crippen molar-refractivity contribution in [2.75, 3.05) is 13.2 Å². The molecule has 1 heterocycles. The number of hydrogen-bond acceptors (Lipinski definition) is 4. The molecule has 0 spiro atoms. The molecule has 0 bridgehead atoms. The second-order valence-electron chi connectivity index (χ2n) is 4.97. The van der Waals surface area contributed by atoms with E-state index in [1.165, 1.54) is 24.2 Å². The minimum atomic E-state index is 0.383. The summed E-state index contributed by atoms with van der Waals surface area (Å²) in [4.78, 5) is 1.26. The third-order valence-electron chi connectivity index (χ3n) is 3.48. The second-order valence-corrected chi connectivity index (χ2v) is 6.35. The van der Waals surface area contributed by atoms with Gasteiger partial charge in [-0.1, -0.05) is 6.42 Å². The van der Waals surface area contributed by atoms with Gasteiger partial charge in [0.2, 0.25) is 0 Å². The van der Waals surface area contributed by atoms with Gasteiger partial charge in [-0.3, -0.25) is 0 Å². The fraction of sp³-hybridized carbons (Fsp3) is 0.571. The van der Waals surface area contributed by atoms with Crippen LogP contribution >= 0.6 is 11.8 Å². The first-order valence-corrected chi connectivity index (χ1v) is 7.51. The third kappa shape index (κ3) is 2.75. The average molecular weight is 265 g/mol. The van der Waals surface area contributed by atoms with Gasteiger partial charge in [0.1, 0.15) is 13.2 Å². The lowest BCUT2D eigenvalue weighted by atomic mass is 9.96. The molecule has 3 rings (SSSR count). The summed E-state index contributed by atoms with van der Waals surface area (Å²) in [5.41, 5.74) is 6.03. The SMILES string of the molecule is NC1CCCC(Sc2ccc3c(c2)OCCO3)C1. The van der Waals surface area contributed by atoms with E-state index in [1.807, 2.05) is 17.8 Å². The van der Waals surface area contributed by atoms with Crippen LogP contribution in [0.4, 0.5) is 0 Å². The molecule has 0 aromatic heterocycles. The number of fused-ring (bicyclic) bond motifs is 1. The Bertz CT molecular complexity index is 424. The van der Waals surface area contributed by atoms with Crippen LogP contribution in [0.2, 0.25) is 0 Å². The van der Waals surface area contributed by atoms with Gasteiger partial charge in [-0.2, -0.15) is 0 Å². The number of thioether (sulfide) groups is 1. The highest BCUT2D eigenvalue weighted by atomic mass is 32.2. The molecule has 2 atom stereocenters. The molecule has 1 aliphatic carbocycles. The lowest BCUT2D eigenvalue weighted by Gasteiger charge is -2.26. The Morgan fingerprint density at radius 2 is 1.94 bits per heavy atom. The van der Waals surface area contributed by atoms with Crippen LogP contribution in [0, 0.1) is 0 Å². The smallest absolute Gasteiger partial charge is 0.162 e. The monoisotopic (exact) mass is 265 g/mol. The Kier molecular flexibility index (Phi) is 3.66. The van der Waals surface area contributed by atoms with E-state index < -0.39 is 0 Å². The van der Waals surface area contributed by atoms with Crippen LogP contribution in [0.5, 0.6) is 11.5 Å². The highest BCUT2D eigenvalue weighted by molar-refractivity contribution is 8.00. The maximum atomic E-state index is 6.03. The summed E-state index contributed by atoms with van der Waals surface area (Å²) >= 11 is 1.93. The van der Waals surface area contributed by atoms with Gasteiger partial charge in [0.05, 0.1) is 0 Å². The van der Waals surface area contributed by atoms with Crippen LogP contribution in [-0.2, 0) is 0 Å².